The second kappa shape index (κ2) is 4.78. The summed E-state index contributed by atoms with van der Waals surface area (Å²) in [6, 6.07) is 1.53. The van der Waals surface area contributed by atoms with Crippen molar-refractivity contribution >= 4 is 10.0 Å². The van der Waals surface area contributed by atoms with Gasteiger partial charge < -0.3 is 9.67 Å². The predicted molar refractivity (Wildman–Crippen MR) is 56.9 cm³/mol. The molecule has 86 valence electrons. The average molecular weight is 232 g/mol. The van der Waals surface area contributed by atoms with Gasteiger partial charge in [-0.25, -0.2) is 13.1 Å². The Hall–Kier alpha value is -0.850. The van der Waals surface area contributed by atoms with Gasteiger partial charge in [-0.1, -0.05) is 0 Å². The van der Waals surface area contributed by atoms with E-state index in [4.69, 9.17) is 5.11 Å². The Labute approximate surface area is 89.8 Å². The van der Waals surface area contributed by atoms with Crippen molar-refractivity contribution in [1.82, 2.24) is 9.29 Å². The van der Waals surface area contributed by atoms with E-state index in [0.717, 1.165) is 0 Å². The van der Waals surface area contributed by atoms with Crippen molar-refractivity contribution in [3.8, 4) is 0 Å². The normalized spacial score (nSPS) is 14.1. The van der Waals surface area contributed by atoms with Crippen LogP contribution < -0.4 is 4.72 Å². The first-order chi connectivity index (χ1) is 6.92. The molecule has 0 aliphatic heterocycles. The maximum atomic E-state index is 11.6. The Morgan fingerprint density at radius 2 is 2.27 bits per heavy atom. The van der Waals surface area contributed by atoms with Gasteiger partial charge in [-0.15, -0.1) is 0 Å². The molecule has 0 aromatic carbocycles. The summed E-state index contributed by atoms with van der Waals surface area (Å²) in [7, 11) is -1.66. The molecule has 0 amide bonds. The molecule has 1 rings (SSSR count). The highest BCUT2D eigenvalue weighted by Crippen LogP contribution is 2.07. The largest absolute Gasteiger partial charge is 0.393 e. The van der Waals surface area contributed by atoms with E-state index in [9.17, 15) is 8.42 Å². The molecule has 2 N–H and O–H groups in total. The molecule has 0 saturated carbocycles. The Morgan fingerprint density at radius 3 is 2.73 bits per heavy atom. The molecule has 15 heavy (non-hydrogen) atoms. The number of hydrogen-bond acceptors (Lipinski definition) is 3. The number of hydrogen-bond donors (Lipinski definition) is 2. The summed E-state index contributed by atoms with van der Waals surface area (Å²) in [6.45, 7) is 1.87. The Morgan fingerprint density at radius 1 is 1.60 bits per heavy atom. The van der Waals surface area contributed by atoms with E-state index < -0.39 is 16.1 Å². The molecule has 0 fully saturated rings. The smallest absolute Gasteiger partial charge is 0.242 e. The summed E-state index contributed by atoms with van der Waals surface area (Å²) in [5, 5.41) is 8.98. The standard InChI is InChI=1S/C9H16N2O3S/c1-8(12)3-5-10-15(13,14)9-4-6-11(2)7-9/h4,6-8,10,12H,3,5H2,1-2H3. The van der Waals surface area contributed by atoms with Gasteiger partial charge in [0.05, 0.1) is 11.0 Å². The molecule has 0 radical (unpaired) electrons. The molecule has 1 heterocycles. The topological polar surface area (TPSA) is 71.3 Å². The lowest BCUT2D eigenvalue weighted by molar-refractivity contribution is 0.186. The minimum Gasteiger partial charge on any atom is -0.393 e. The summed E-state index contributed by atoms with van der Waals surface area (Å²) in [6.07, 6.45) is 3.11. The first kappa shape index (κ1) is 12.2. The molecule has 1 aromatic heterocycles. The van der Waals surface area contributed by atoms with Crippen LogP contribution in [-0.2, 0) is 17.1 Å². The highest BCUT2D eigenvalue weighted by atomic mass is 32.2. The number of aliphatic hydroxyl groups excluding tert-OH is 1. The van der Waals surface area contributed by atoms with Gasteiger partial charge in [0, 0.05) is 26.0 Å². The van der Waals surface area contributed by atoms with Crippen molar-refractivity contribution in [2.75, 3.05) is 6.54 Å². The molecule has 0 aliphatic rings. The van der Waals surface area contributed by atoms with Gasteiger partial charge in [0.2, 0.25) is 10.0 Å². The van der Waals surface area contributed by atoms with Crippen LogP contribution in [0, 0.1) is 0 Å². The summed E-state index contributed by atoms with van der Waals surface area (Å²) in [5.41, 5.74) is 0. The van der Waals surface area contributed by atoms with Gasteiger partial charge in [0.1, 0.15) is 0 Å². The second-order valence-electron chi connectivity index (χ2n) is 3.55. The molecule has 0 spiro atoms. The van der Waals surface area contributed by atoms with Crippen LogP contribution in [0.1, 0.15) is 13.3 Å². The average Bonchev–Trinajstić information content (AvgIpc) is 2.51. The van der Waals surface area contributed by atoms with Gasteiger partial charge in [0.15, 0.2) is 0 Å². The second-order valence-corrected chi connectivity index (χ2v) is 5.32. The van der Waals surface area contributed by atoms with E-state index in [2.05, 4.69) is 4.72 Å². The molecule has 0 bridgehead atoms. The van der Waals surface area contributed by atoms with Gasteiger partial charge in [0.25, 0.3) is 0 Å². The lowest BCUT2D eigenvalue weighted by atomic mass is 10.3. The summed E-state index contributed by atoms with van der Waals surface area (Å²) in [4.78, 5) is 0.246. The fraction of sp³-hybridized carbons (Fsp3) is 0.556. The van der Waals surface area contributed by atoms with E-state index in [0.29, 0.717) is 6.42 Å². The Bertz CT molecular complexity index is 409. The number of nitrogens with zero attached hydrogens (tertiary/aromatic N) is 1. The van der Waals surface area contributed by atoms with Crippen LogP contribution in [0.15, 0.2) is 23.4 Å². The number of rotatable bonds is 5. The number of sulfonamides is 1. The summed E-state index contributed by atoms with van der Waals surface area (Å²) >= 11 is 0. The minimum absolute atomic E-state index is 0.245. The van der Waals surface area contributed by atoms with Crippen molar-refractivity contribution in [3.05, 3.63) is 18.5 Å². The van der Waals surface area contributed by atoms with E-state index in [1.165, 1.54) is 12.3 Å². The molecular weight excluding hydrogens is 216 g/mol. The number of aryl methyl sites for hydroxylation is 1. The minimum atomic E-state index is -3.42. The molecule has 0 saturated heterocycles. The Kier molecular flexibility index (Phi) is 3.90. The highest BCUT2D eigenvalue weighted by molar-refractivity contribution is 7.89. The fourth-order valence-corrected chi connectivity index (χ4v) is 2.22. The summed E-state index contributed by atoms with van der Waals surface area (Å²) < 4.78 is 27.3. The number of aliphatic hydroxyl groups is 1. The van der Waals surface area contributed by atoms with Crippen LogP contribution in [0.3, 0.4) is 0 Å². The molecule has 6 heteroatoms. The van der Waals surface area contributed by atoms with Gasteiger partial charge >= 0.3 is 0 Å². The zero-order valence-electron chi connectivity index (χ0n) is 8.84. The maximum Gasteiger partial charge on any atom is 0.242 e. The van der Waals surface area contributed by atoms with Crippen molar-refractivity contribution in [2.45, 2.75) is 24.3 Å². The van der Waals surface area contributed by atoms with Gasteiger partial charge in [-0.3, -0.25) is 0 Å². The van der Waals surface area contributed by atoms with Crippen molar-refractivity contribution in [1.29, 1.82) is 0 Å². The lowest BCUT2D eigenvalue weighted by Crippen LogP contribution is -2.26. The molecular formula is C9H16N2O3S. The third-order valence-corrected chi connectivity index (χ3v) is 3.42. The van der Waals surface area contributed by atoms with Crippen LogP contribution in [0.25, 0.3) is 0 Å². The quantitative estimate of drug-likeness (QED) is 0.755. The van der Waals surface area contributed by atoms with E-state index in [1.54, 1.807) is 24.7 Å². The fourth-order valence-electron chi connectivity index (χ4n) is 1.12. The third kappa shape index (κ3) is 3.65. The lowest BCUT2D eigenvalue weighted by Gasteiger charge is -2.06. The van der Waals surface area contributed by atoms with Crippen LogP contribution in [0.5, 0.6) is 0 Å². The van der Waals surface area contributed by atoms with Gasteiger partial charge in [-0.2, -0.15) is 0 Å². The van der Waals surface area contributed by atoms with Crippen LogP contribution in [0.4, 0.5) is 0 Å². The SMILES string of the molecule is CC(O)CCNS(=O)(=O)c1ccn(C)c1. The molecule has 5 nitrogen and oxygen atoms in total. The molecule has 1 aromatic rings. The van der Waals surface area contributed by atoms with Crippen LogP contribution in [-0.4, -0.2) is 30.7 Å². The third-order valence-electron chi connectivity index (χ3n) is 1.97. The number of aromatic nitrogens is 1. The summed E-state index contributed by atoms with van der Waals surface area (Å²) in [5.74, 6) is 0. The van der Waals surface area contributed by atoms with Crippen molar-refractivity contribution < 1.29 is 13.5 Å². The van der Waals surface area contributed by atoms with Crippen molar-refractivity contribution in [3.63, 3.8) is 0 Å². The first-order valence-electron chi connectivity index (χ1n) is 4.71. The van der Waals surface area contributed by atoms with Crippen molar-refractivity contribution in [2.24, 2.45) is 7.05 Å². The zero-order chi connectivity index (χ0) is 11.5. The van der Waals surface area contributed by atoms with Crippen LogP contribution in [0.2, 0.25) is 0 Å². The van der Waals surface area contributed by atoms with E-state index in [1.807, 2.05) is 0 Å². The molecule has 1 atom stereocenters. The first-order valence-corrected chi connectivity index (χ1v) is 6.20. The van der Waals surface area contributed by atoms with Gasteiger partial charge in [-0.05, 0) is 19.4 Å². The van der Waals surface area contributed by atoms with E-state index >= 15 is 0 Å². The zero-order valence-corrected chi connectivity index (χ0v) is 9.66. The molecule has 0 aliphatic carbocycles. The van der Waals surface area contributed by atoms with E-state index in [-0.39, 0.29) is 11.4 Å². The predicted octanol–water partition coefficient (Wildman–Crippen LogP) is 0.0743. The monoisotopic (exact) mass is 232 g/mol. The van der Waals surface area contributed by atoms with Crippen LogP contribution >= 0.6 is 0 Å². The molecule has 1 unspecified atom stereocenters. The number of nitrogens with one attached hydrogen (secondary N) is 1. The highest BCUT2D eigenvalue weighted by Gasteiger charge is 2.14. The Balaban J connectivity index is 2.60. The maximum absolute atomic E-state index is 11.6.